The van der Waals surface area contributed by atoms with E-state index in [4.69, 9.17) is 0 Å². The van der Waals surface area contributed by atoms with E-state index in [0.717, 1.165) is 35.2 Å². The third-order valence-electron chi connectivity index (χ3n) is 5.48. The fraction of sp³-hybridized carbons (Fsp3) is 0.167. The van der Waals surface area contributed by atoms with Gasteiger partial charge in [-0.3, -0.25) is 19.4 Å². The lowest BCUT2D eigenvalue weighted by Crippen LogP contribution is -2.19. The van der Waals surface area contributed by atoms with Crippen molar-refractivity contribution < 1.29 is 9.59 Å². The first-order valence-electron chi connectivity index (χ1n) is 10.4. The van der Waals surface area contributed by atoms with Crippen molar-refractivity contribution in [3.05, 3.63) is 77.0 Å². The van der Waals surface area contributed by atoms with Crippen molar-refractivity contribution in [2.45, 2.75) is 12.8 Å². The molecule has 160 valence electrons. The van der Waals surface area contributed by atoms with Gasteiger partial charge in [0.05, 0.1) is 17.6 Å². The Kier molecular flexibility index (Phi) is 5.03. The molecule has 8 heteroatoms. The Morgan fingerprint density at radius 1 is 0.969 bits per heavy atom. The van der Waals surface area contributed by atoms with Crippen LogP contribution in [-0.2, 0) is 9.59 Å². The van der Waals surface area contributed by atoms with Crippen LogP contribution in [0, 0.1) is 5.92 Å². The number of hydrogen-bond donors (Lipinski definition) is 4. The molecule has 0 saturated heterocycles. The van der Waals surface area contributed by atoms with E-state index < -0.39 is 0 Å². The van der Waals surface area contributed by atoms with Crippen molar-refractivity contribution >= 4 is 34.4 Å². The standard InChI is InChI=1S/C24H21N5O3/c30-22-6-4-17(13-27-22)28-24(32)19-7-8-26-21-5-3-15(10-20(19)21)16-9-18(12-25-11-16)29-23(31)14-1-2-14/h3-7,9-14,26H,1-2,8H2,(H,27,30)(H,28,32)(H,29,31). The highest BCUT2D eigenvalue weighted by molar-refractivity contribution is 6.27. The van der Waals surface area contributed by atoms with E-state index in [1.54, 1.807) is 18.5 Å². The molecule has 8 nitrogen and oxygen atoms in total. The number of carbonyl (C=O) groups excluding carboxylic acids is 2. The average molecular weight is 427 g/mol. The molecule has 0 radical (unpaired) electrons. The van der Waals surface area contributed by atoms with Crippen LogP contribution in [0.4, 0.5) is 17.1 Å². The molecule has 0 atom stereocenters. The molecular formula is C24H21N5O3. The first-order valence-corrected chi connectivity index (χ1v) is 10.4. The number of pyridine rings is 2. The fourth-order valence-electron chi connectivity index (χ4n) is 3.63. The van der Waals surface area contributed by atoms with E-state index in [0.29, 0.717) is 23.5 Å². The lowest BCUT2D eigenvalue weighted by molar-refractivity contribution is -0.117. The molecule has 1 aromatic carbocycles. The highest BCUT2D eigenvalue weighted by Gasteiger charge is 2.29. The molecule has 4 N–H and O–H groups in total. The van der Waals surface area contributed by atoms with Crippen LogP contribution in [0.25, 0.3) is 16.7 Å². The van der Waals surface area contributed by atoms with E-state index in [9.17, 15) is 14.4 Å². The zero-order chi connectivity index (χ0) is 22.1. The highest BCUT2D eigenvalue weighted by Crippen LogP contribution is 2.34. The monoisotopic (exact) mass is 427 g/mol. The normalized spacial score (nSPS) is 14.6. The second-order valence-electron chi connectivity index (χ2n) is 7.88. The molecule has 2 amide bonds. The first kappa shape index (κ1) is 19.7. The minimum absolute atomic E-state index is 0.0303. The van der Waals surface area contributed by atoms with E-state index in [1.165, 1.54) is 12.3 Å². The SMILES string of the molecule is O=C(Nc1ccc(=O)[nH]c1)C1=CCNc2ccc(-c3cncc(NC(=O)C4CC4)c3)cc21. The molecule has 32 heavy (non-hydrogen) atoms. The molecule has 1 aliphatic carbocycles. The van der Waals surface area contributed by atoms with Gasteiger partial charge in [0.2, 0.25) is 11.5 Å². The minimum Gasteiger partial charge on any atom is -0.381 e. The van der Waals surface area contributed by atoms with E-state index >= 15 is 0 Å². The number of carbonyl (C=O) groups is 2. The van der Waals surface area contributed by atoms with Gasteiger partial charge in [0.25, 0.3) is 5.91 Å². The molecule has 3 aromatic rings. The maximum Gasteiger partial charge on any atom is 0.256 e. The van der Waals surface area contributed by atoms with Gasteiger partial charge in [0, 0.05) is 53.3 Å². The number of nitrogens with zero attached hydrogens (tertiary/aromatic N) is 1. The highest BCUT2D eigenvalue weighted by atomic mass is 16.2. The molecular weight excluding hydrogens is 406 g/mol. The summed E-state index contributed by atoms with van der Waals surface area (Å²) in [6, 6.07) is 10.6. The number of fused-ring (bicyclic) bond motifs is 1. The third-order valence-corrected chi connectivity index (χ3v) is 5.48. The first-order chi connectivity index (χ1) is 15.6. The van der Waals surface area contributed by atoms with Crippen molar-refractivity contribution in [3.8, 4) is 11.1 Å². The summed E-state index contributed by atoms with van der Waals surface area (Å²) < 4.78 is 0. The zero-order valence-electron chi connectivity index (χ0n) is 17.1. The Morgan fingerprint density at radius 2 is 1.84 bits per heavy atom. The van der Waals surface area contributed by atoms with Crippen LogP contribution in [0.15, 0.2) is 65.9 Å². The molecule has 3 heterocycles. The van der Waals surface area contributed by atoms with Crippen LogP contribution in [0.3, 0.4) is 0 Å². The molecule has 1 aliphatic heterocycles. The van der Waals surface area contributed by atoms with Crippen molar-refractivity contribution in [1.29, 1.82) is 0 Å². The van der Waals surface area contributed by atoms with Gasteiger partial charge in [-0.05, 0) is 42.7 Å². The van der Waals surface area contributed by atoms with Crippen LogP contribution < -0.4 is 21.5 Å². The van der Waals surface area contributed by atoms with Crippen LogP contribution in [0.5, 0.6) is 0 Å². The smallest absolute Gasteiger partial charge is 0.256 e. The summed E-state index contributed by atoms with van der Waals surface area (Å²) in [6.45, 7) is 0.533. The topological polar surface area (TPSA) is 116 Å². The Bertz CT molecular complexity index is 1290. The van der Waals surface area contributed by atoms with Crippen molar-refractivity contribution in [2.75, 3.05) is 22.5 Å². The predicted molar refractivity (Wildman–Crippen MR) is 123 cm³/mol. The molecule has 0 spiro atoms. The Labute approximate surface area is 183 Å². The van der Waals surface area contributed by atoms with E-state index in [-0.39, 0.29) is 23.3 Å². The fourth-order valence-corrected chi connectivity index (χ4v) is 3.63. The summed E-state index contributed by atoms with van der Waals surface area (Å²) in [4.78, 5) is 43.1. The summed E-state index contributed by atoms with van der Waals surface area (Å²) in [5, 5.41) is 9.02. The van der Waals surface area contributed by atoms with E-state index in [1.807, 2.05) is 30.3 Å². The number of benzene rings is 1. The summed E-state index contributed by atoms with van der Waals surface area (Å²) in [5.74, 6) is -0.120. The van der Waals surface area contributed by atoms with Crippen LogP contribution in [0.1, 0.15) is 18.4 Å². The van der Waals surface area contributed by atoms with Gasteiger partial charge in [0.15, 0.2) is 0 Å². The number of aromatic amines is 1. The van der Waals surface area contributed by atoms with Crippen LogP contribution in [-0.4, -0.2) is 28.3 Å². The van der Waals surface area contributed by atoms with Gasteiger partial charge >= 0.3 is 0 Å². The molecule has 0 unspecified atom stereocenters. The average Bonchev–Trinajstić information content (AvgIpc) is 3.66. The maximum atomic E-state index is 12.9. The van der Waals surface area contributed by atoms with Gasteiger partial charge < -0.3 is 20.9 Å². The largest absolute Gasteiger partial charge is 0.381 e. The molecule has 0 bridgehead atoms. The van der Waals surface area contributed by atoms with Crippen molar-refractivity contribution in [2.24, 2.45) is 5.92 Å². The van der Waals surface area contributed by atoms with Gasteiger partial charge in [-0.1, -0.05) is 12.1 Å². The number of anilines is 3. The molecule has 2 aromatic heterocycles. The summed E-state index contributed by atoms with van der Waals surface area (Å²) >= 11 is 0. The Balaban J connectivity index is 1.41. The number of H-pyrrole nitrogens is 1. The molecule has 5 rings (SSSR count). The van der Waals surface area contributed by atoms with Gasteiger partial charge in [-0.25, -0.2) is 0 Å². The summed E-state index contributed by atoms with van der Waals surface area (Å²) in [6.07, 6.45) is 8.53. The lowest BCUT2D eigenvalue weighted by atomic mass is 9.95. The van der Waals surface area contributed by atoms with Crippen LogP contribution in [0.2, 0.25) is 0 Å². The number of rotatable bonds is 5. The Morgan fingerprint density at radius 3 is 2.62 bits per heavy atom. The number of aromatic nitrogens is 2. The molecule has 1 saturated carbocycles. The van der Waals surface area contributed by atoms with Gasteiger partial charge in [-0.15, -0.1) is 0 Å². The molecule has 2 aliphatic rings. The van der Waals surface area contributed by atoms with E-state index in [2.05, 4.69) is 25.9 Å². The predicted octanol–water partition coefficient (Wildman–Crippen LogP) is 3.23. The second kappa shape index (κ2) is 8.14. The van der Waals surface area contributed by atoms with Crippen LogP contribution >= 0.6 is 0 Å². The summed E-state index contributed by atoms with van der Waals surface area (Å²) in [5.41, 5.74) is 4.81. The second-order valence-corrected chi connectivity index (χ2v) is 7.88. The summed E-state index contributed by atoms with van der Waals surface area (Å²) in [7, 11) is 0. The van der Waals surface area contributed by atoms with Crippen molar-refractivity contribution in [1.82, 2.24) is 9.97 Å². The number of amides is 2. The number of hydrogen-bond acceptors (Lipinski definition) is 5. The van der Waals surface area contributed by atoms with Crippen molar-refractivity contribution in [3.63, 3.8) is 0 Å². The van der Waals surface area contributed by atoms with Gasteiger partial charge in [-0.2, -0.15) is 0 Å². The maximum absolute atomic E-state index is 12.9. The third kappa shape index (κ3) is 4.15. The van der Waals surface area contributed by atoms with Gasteiger partial charge in [0.1, 0.15) is 0 Å². The zero-order valence-corrected chi connectivity index (χ0v) is 17.1. The number of nitrogens with one attached hydrogen (secondary N) is 4. The quantitative estimate of drug-likeness (QED) is 0.499. The lowest BCUT2D eigenvalue weighted by Gasteiger charge is -2.20. The Hall–Kier alpha value is -4.20. The molecule has 1 fully saturated rings. The minimum atomic E-state index is -0.263.